The van der Waals surface area contributed by atoms with E-state index < -0.39 is 0 Å². The van der Waals surface area contributed by atoms with Crippen LogP contribution in [0.3, 0.4) is 0 Å². The molecular weight excluding hydrogens is 330 g/mol. The van der Waals surface area contributed by atoms with Gasteiger partial charge < -0.3 is 5.11 Å². The van der Waals surface area contributed by atoms with E-state index in [0.29, 0.717) is 5.71 Å². The molecule has 0 unspecified atom stereocenters. The quantitative estimate of drug-likeness (QED) is 0.710. The molecule has 1 aromatic heterocycles. The van der Waals surface area contributed by atoms with Crippen molar-refractivity contribution < 1.29 is 9.90 Å². The highest BCUT2D eigenvalue weighted by molar-refractivity contribution is 6.05. The van der Waals surface area contributed by atoms with Crippen molar-refractivity contribution in [1.82, 2.24) is 20.4 Å². The molecule has 3 aromatic rings. The van der Waals surface area contributed by atoms with Gasteiger partial charge in [-0.25, -0.2) is 10.1 Å². The predicted molar refractivity (Wildman–Crippen MR) is 98.0 cm³/mol. The summed E-state index contributed by atoms with van der Waals surface area (Å²) in [5.41, 5.74) is 7.83. The number of para-hydroxylation sites is 1. The highest BCUT2D eigenvalue weighted by atomic mass is 16.3. The van der Waals surface area contributed by atoms with Gasteiger partial charge in [-0.15, -0.1) is 5.10 Å². The lowest BCUT2D eigenvalue weighted by Gasteiger charge is -2.21. The van der Waals surface area contributed by atoms with Gasteiger partial charge in [-0.05, 0) is 55.5 Å². The highest BCUT2D eigenvalue weighted by Gasteiger charge is 2.21. The van der Waals surface area contributed by atoms with Gasteiger partial charge in [0, 0.05) is 5.56 Å². The van der Waals surface area contributed by atoms with Gasteiger partial charge in [0.05, 0.1) is 11.2 Å². The average molecular weight is 349 g/mol. The number of benzene rings is 2. The van der Waals surface area contributed by atoms with Crippen LogP contribution in [-0.4, -0.2) is 31.7 Å². The lowest BCUT2D eigenvalue weighted by molar-refractivity contribution is -0.121. The first-order valence-corrected chi connectivity index (χ1v) is 8.59. The van der Waals surface area contributed by atoms with Crippen LogP contribution in [0.2, 0.25) is 0 Å². The Balaban J connectivity index is 1.54. The van der Waals surface area contributed by atoms with Crippen molar-refractivity contribution in [3.8, 4) is 5.75 Å². The Kier molecular flexibility index (Phi) is 4.12. The number of hydrogen-bond acceptors (Lipinski definition) is 5. The second-order valence-electron chi connectivity index (χ2n) is 6.44. The number of hydrazone groups is 1. The smallest absolute Gasteiger partial charge is 0.261 e. The molecule has 0 bridgehead atoms. The summed E-state index contributed by atoms with van der Waals surface area (Å²) in [6, 6.07) is 11.1. The van der Waals surface area contributed by atoms with Crippen molar-refractivity contribution in [2.45, 2.75) is 32.7 Å². The summed E-state index contributed by atoms with van der Waals surface area (Å²) in [5, 5.41) is 22.6. The minimum atomic E-state index is -0.285. The molecule has 132 valence electrons. The summed E-state index contributed by atoms with van der Waals surface area (Å²) < 4.78 is 1.54. The number of carbonyl (C=O) groups excluding carboxylic acids is 1. The minimum absolute atomic E-state index is 0.0317. The Labute approximate surface area is 150 Å². The van der Waals surface area contributed by atoms with Crippen molar-refractivity contribution in [3.05, 3.63) is 53.1 Å². The minimum Gasteiger partial charge on any atom is -0.507 e. The topological polar surface area (TPSA) is 92.4 Å². The van der Waals surface area contributed by atoms with Gasteiger partial charge in [-0.3, -0.25) is 4.79 Å². The second kappa shape index (κ2) is 6.59. The first kappa shape index (κ1) is 16.3. The molecule has 1 amide bonds. The van der Waals surface area contributed by atoms with E-state index in [2.05, 4.69) is 20.8 Å². The molecule has 2 aromatic carbocycles. The number of aromatic nitrogens is 3. The number of aromatic hydroxyl groups is 1. The molecular formula is C19H19N5O2. The van der Waals surface area contributed by atoms with Gasteiger partial charge in [-0.2, -0.15) is 5.10 Å². The number of rotatable bonds is 3. The number of hydrogen-bond donors (Lipinski definition) is 2. The maximum Gasteiger partial charge on any atom is 0.261 e. The van der Waals surface area contributed by atoms with E-state index in [1.54, 1.807) is 10.7 Å². The maximum absolute atomic E-state index is 12.3. The van der Waals surface area contributed by atoms with Crippen LogP contribution >= 0.6 is 0 Å². The van der Waals surface area contributed by atoms with Crippen molar-refractivity contribution >= 4 is 22.7 Å². The van der Waals surface area contributed by atoms with Crippen LogP contribution in [0.15, 0.2) is 41.5 Å². The molecule has 1 aliphatic carbocycles. The SMILES string of the molecule is Cc1ccc(O)c2c1CCC/C2=N\NC(=O)Cn1nnc2ccccc21. The fraction of sp³-hybridized carbons (Fsp3) is 0.263. The molecule has 1 aliphatic rings. The number of amides is 1. The first-order chi connectivity index (χ1) is 12.6. The number of carbonyl (C=O) groups is 1. The summed E-state index contributed by atoms with van der Waals surface area (Å²) in [6.45, 7) is 2.06. The van der Waals surface area contributed by atoms with Crippen molar-refractivity contribution in [2.24, 2.45) is 5.10 Å². The Morgan fingerprint density at radius 2 is 2.12 bits per heavy atom. The zero-order valence-electron chi connectivity index (χ0n) is 14.4. The molecule has 0 spiro atoms. The summed E-state index contributed by atoms with van der Waals surface area (Å²) in [5.74, 6) is -0.0759. The van der Waals surface area contributed by atoms with E-state index in [9.17, 15) is 9.90 Å². The summed E-state index contributed by atoms with van der Waals surface area (Å²) in [7, 11) is 0. The van der Waals surface area contributed by atoms with Crippen molar-refractivity contribution in [3.63, 3.8) is 0 Å². The largest absolute Gasteiger partial charge is 0.507 e. The van der Waals surface area contributed by atoms with Crippen LogP contribution in [0, 0.1) is 6.92 Å². The van der Waals surface area contributed by atoms with Crippen molar-refractivity contribution in [1.29, 1.82) is 0 Å². The molecule has 0 fully saturated rings. The fourth-order valence-electron chi connectivity index (χ4n) is 3.39. The van der Waals surface area contributed by atoms with E-state index in [0.717, 1.165) is 47.0 Å². The van der Waals surface area contributed by atoms with E-state index in [4.69, 9.17) is 0 Å². The Morgan fingerprint density at radius 3 is 3.00 bits per heavy atom. The van der Waals surface area contributed by atoms with E-state index >= 15 is 0 Å². The third kappa shape index (κ3) is 2.92. The standard InChI is InChI=1S/C19H19N5O2/c1-12-9-10-17(25)19-13(12)5-4-7-15(19)20-22-18(26)11-24-16-8-3-2-6-14(16)21-23-24/h2-3,6,8-10,25H,4-5,7,11H2,1H3,(H,22,26)/b20-15+. The monoisotopic (exact) mass is 349 g/mol. The fourth-order valence-corrected chi connectivity index (χ4v) is 3.39. The molecule has 7 heteroatoms. The zero-order valence-corrected chi connectivity index (χ0v) is 14.4. The second-order valence-corrected chi connectivity index (χ2v) is 6.44. The average Bonchev–Trinajstić information content (AvgIpc) is 3.06. The number of fused-ring (bicyclic) bond motifs is 2. The van der Waals surface area contributed by atoms with Crippen LogP contribution in [-0.2, 0) is 17.8 Å². The molecule has 0 radical (unpaired) electrons. The Hall–Kier alpha value is -3.22. The van der Waals surface area contributed by atoms with Gasteiger partial charge in [0.1, 0.15) is 17.8 Å². The molecule has 0 atom stereocenters. The Morgan fingerprint density at radius 1 is 1.27 bits per heavy atom. The Bertz CT molecular complexity index is 1020. The lowest BCUT2D eigenvalue weighted by Crippen LogP contribution is -2.26. The number of phenols is 1. The summed E-state index contributed by atoms with van der Waals surface area (Å²) in [6.07, 6.45) is 2.57. The first-order valence-electron chi connectivity index (χ1n) is 8.59. The number of nitrogens with one attached hydrogen (secondary N) is 1. The maximum atomic E-state index is 12.3. The molecule has 4 rings (SSSR count). The van der Waals surface area contributed by atoms with Gasteiger partial charge in [0.2, 0.25) is 0 Å². The van der Waals surface area contributed by atoms with E-state index in [1.807, 2.05) is 37.3 Å². The highest BCUT2D eigenvalue weighted by Crippen LogP contribution is 2.31. The molecule has 0 aliphatic heterocycles. The van der Waals surface area contributed by atoms with Gasteiger partial charge in [0.15, 0.2) is 0 Å². The lowest BCUT2D eigenvalue weighted by atomic mass is 9.86. The van der Waals surface area contributed by atoms with Crippen LogP contribution in [0.4, 0.5) is 0 Å². The normalized spacial score (nSPS) is 15.2. The van der Waals surface area contributed by atoms with Crippen LogP contribution in [0.25, 0.3) is 11.0 Å². The molecule has 0 saturated heterocycles. The van der Waals surface area contributed by atoms with Gasteiger partial charge in [-0.1, -0.05) is 23.4 Å². The molecule has 26 heavy (non-hydrogen) atoms. The number of aryl methyl sites for hydroxylation is 1. The van der Waals surface area contributed by atoms with E-state index in [-0.39, 0.29) is 18.2 Å². The third-order valence-corrected chi connectivity index (χ3v) is 4.68. The predicted octanol–water partition coefficient (Wildman–Crippen LogP) is 2.30. The molecule has 0 saturated carbocycles. The van der Waals surface area contributed by atoms with Crippen LogP contribution < -0.4 is 5.43 Å². The summed E-state index contributed by atoms with van der Waals surface area (Å²) >= 11 is 0. The van der Waals surface area contributed by atoms with Crippen LogP contribution in [0.1, 0.15) is 29.5 Å². The van der Waals surface area contributed by atoms with E-state index in [1.165, 1.54) is 0 Å². The van der Waals surface area contributed by atoms with Crippen molar-refractivity contribution in [2.75, 3.05) is 0 Å². The number of nitrogens with zero attached hydrogens (tertiary/aromatic N) is 4. The molecule has 7 nitrogen and oxygen atoms in total. The third-order valence-electron chi connectivity index (χ3n) is 4.68. The van der Waals surface area contributed by atoms with Gasteiger partial charge >= 0.3 is 0 Å². The molecule has 2 N–H and O–H groups in total. The van der Waals surface area contributed by atoms with Crippen LogP contribution in [0.5, 0.6) is 5.75 Å². The molecule has 1 heterocycles. The zero-order chi connectivity index (χ0) is 18.1. The number of phenolic OH excluding ortho intramolecular Hbond substituents is 1. The summed E-state index contributed by atoms with van der Waals surface area (Å²) in [4.78, 5) is 12.3. The van der Waals surface area contributed by atoms with Gasteiger partial charge in [0.25, 0.3) is 5.91 Å².